The van der Waals surface area contributed by atoms with E-state index in [0.29, 0.717) is 11.3 Å². The first kappa shape index (κ1) is 16.9. The van der Waals surface area contributed by atoms with Gasteiger partial charge in [-0.05, 0) is 31.4 Å². The van der Waals surface area contributed by atoms with Crippen molar-refractivity contribution in [1.29, 1.82) is 0 Å². The van der Waals surface area contributed by atoms with Crippen LogP contribution in [0, 0.1) is 11.3 Å². The number of amides is 1. The summed E-state index contributed by atoms with van der Waals surface area (Å²) in [5.74, 6) is 1.45. The second kappa shape index (κ2) is 6.75. The molecule has 3 aliphatic rings. The molecule has 2 unspecified atom stereocenters. The van der Waals surface area contributed by atoms with Gasteiger partial charge in [0.25, 0.3) is 0 Å². The highest BCUT2D eigenvalue weighted by molar-refractivity contribution is 5.79. The van der Waals surface area contributed by atoms with Crippen molar-refractivity contribution in [2.75, 3.05) is 26.2 Å². The fourth-order valence-corrected chi connectivity index (χ4v) is 5.18. The predicted octanol–water partition coefficient (Wildman–Crippen LogP) is 1.97. The number of likely N-dealkylation sites (tertiary alicyclic amines) is 2. The highest BCUT2D eigenvalue weighted by atomic mass is 16.2. The molecule has 6 heteroatoms. The summed E-state index contributed by atoms with van der Waals surface area (Å²) in [6, 6.07) is 10.7. The molecule has 0 aliphatic carbocycles. The average Bonchev–Trinajstić information content (AvgIpc) is 3.42. The molecule has 1 spiro atoms. The molecule has 1 aromatic carbocycles. The van der Waals surface area contributed by atoms with Crippen molar-refractivity contribution < 1.29 is 4.79 Å². The van der Waals surface area contributed by atoms with Crippen molar-refractivity contribution in [2.45, 2.75) is 38.8 Å². The maximum absolute atomic E-state index is 13.1. The summed E-state index contributed by atoms with van der Waals surface area (Å²) in [7, 11) is 0. The Labute approximate surface area is 160 Å². The van der Waals surface area contributed by atoms with Crippen molar-refractivity contribution in [3.8, 4) is 0 Å². The minimum absolute atomic E-state index is 0.0884. The van der Waals surface area contributed by atoms with Crippen molar-refractivity contribution in [2.24, 2.45) is 11.3 Å². The minimum Gasteiger partial charge on any atom is -0.342 e. The van der Waals surface area contributed by atoms with Gasteiger partial charge in [0, 0.05) is 44.6 Å². The molecule has 3 aliphatic heterocycles. The lowest BCUT2D eigenvalue weighted by molar-refractivity contribution is -0.135. The van der Waals surface area contributed by atoms with Crippen LogP contribution in [0.25, 0.3) is 0 Å². The SMILES string of the molecule is O=C(C1CCc2nncn2C1)N1CCC2(CCN(Cc3ccccc3)C2)C1. The van der Waals surface area contributed by atoms with Gasteiger partial charge in [-0.15, -0.1) is 10.2 Å². The molecule has 0 N–H and O–H groups in total. The van der Waals surface area contributed by atoms with E-state index in [4.69, 9.17) is 0 Å². The van der Waals surface area contributed by atoms with E-state index in [9.17, 15) is 4.79 Å². The highest BCUT2D eigenvalue weighted by Gasteiger charge is 2.45. The first-order valence-corrected chi connectivity index (χ1v) is 10.1. The molecule has 4 heterocycles. The monoisotopic (exact) mass is 365 g/mol. The molecule has 0 radical (unpaired) electrons. The summed E-state index contributed by atoms with van der Waals surface area (Å²) in [6.07, 6.45) is 5.89. The Hall–Kier alpha value is -2.21. The fraction of sp³-hybridized carbons (Fsp3) is 0.571. The maximum atomic E-state index is 13.1. The summed E-state index contributed by atoms with van der Waals surface area (Å²) in [5.41, 5.74) is 1.69. The first-order chi connectivity index (χ1) is 13.2. The summed E-state index contributed by atoms with van der Waals surface area (Å²) >= 11 is 0. The second-order valence-electron chi connectivity index (χ2n) is 8.59. The molecule has 0 bridgehead atoms. The molecule has 1 amide bonds. The van der Waals surface area contributed by atoms with Crippen LogP contribution in [0.3, 0.4) is 0 Å². The lowest BCUT2D eigenvalue weighted by Gasteiger charge is -2.29. The Balaban J connectivity index is 1.20. The van der Waals surface area contributed by atoms with Crippen LogP contribution in [0.2, 0.25) is 0 Å². The smallest absolute Gasteiger partial charge is 0.227 e. The molecule has 1 aromatic heterocycles. The molecule has 5 rings (SSSR count). The Bertz CT molecular complexity index is 819. The summed E-state index contributed by atoms with van der Waals surface area (Å²) < 4.78 is 2.05. The number of nitrogens with zero attached hydrogens (tertiary/aromatic N) is 5. The summed E-state index contributed by atoms with van der Waals surface area (Å²) in [4.78, 5) is 17.8. The number of carbonyl (C=O) groups is 1. The van der Waals surface area contributed by atoms with E-state index >= 15 is 0 Å². The Morgan fingerprint density at radius 3 is 2.89 bits per heavy atom. The predicted molar refractivity (Wildman–Crippen MR) is 102 cm³/mol. The zero-order chi connectivity index (χ0) is 18.3. The number of aromatic nitrogens is 3. The van der Waals surface area contributed by atoms with Gasteiger partial charge in [-0.25, -0.2) is 0 Å². The third-order valence-corrected chi connectivity index (χ3v) is 6.69. The standard InChI is InChI=1S/C21H27N5O/c27-20(18-6-7-19-23-22-16-26(19)13-18)25-11-9-21(15-25)8-10-24(14-21)12-17-4-2-1-3-5-17/h1-5,16,18H,6-15H2. The third kappa shape index (κ3) is 3.27. The van der Waals surface area contributed by atoms with Crippen LogP contribution >= 0.6 is 0 Å². The van der Waals surface area contributed by atoms with Gasteiger partial charge < -0.3 is 9.47 Å². The number of rotatable bonds is 3. The summed E-state index contributed by atoms with van der Waals surface area (Å²) in [6.45, 7) is 5.88. The van der Waals surface area contributed by atoms with Gasteiger partial charge in [-0.3, -0.25) is 9.69 Å². The van der Waals surface area contributed by atoms with Crippen LogP contribution in [-0.2, 0) is 24.3 Å². The Kier molecular flexibility index (Phi) is 4.23. The van der Waals surface area contributed by atoms with E-state index in [1.807, 2.05) is 0 Å². The number of fused-ring (bicyclic) bond motifs is 1. The fourth-order valence-electron chi connectivity index (χ4n) is 5.18. The molecular weight excluding hydrogens is 338 g/mol. The number of hydrogen-bond acceptors (Lipinski definition) is 4. The van der Waals surface area contributed by atoms with Gasteiger partial charge >= 0.3 is 0 Å². The van der Waals surface area contributed by atoms with Gasteiger partial charge in [0.15, 0.2) is 0 Å². The van der Waals surface area contributed by atoms with E-state index in [-0.39, 0.29) is 5.92 Å². The molecule has 27 heavy (non-hydrogen) atoms. The highest BCUT2D eigenvalue weighted by Crippen LogP contribution is 2.40. The normalized spacial score (nSPS) is 28.0. The van der Waals surface area contributed by atoms with Gasteiger partial charge in [-0.2, -0.15) is 0 Å². The Morgan fingerprint density at radius 2 is 2.00 bits per heavy atom. The van der Waals surface area contributed by atoms with E-state index in [1.165, 1.54) is 12.0 Å². The molecule has 2 atom stereocenters. The van der Waals surface area contributed by atoms with Crippen LogP contribution < -0.4 is 0 Å². The topological polar surface area (TPSA) is 54.3 Å². The van der Waals surface area contributed by atoms with E-state index in [0.717, 1.165) is 64.4 Å². The minimum atomic E-state index is 0.0884. The van der Waals surface area contributed by atoms with E-state index in [2.05, 4.69) is 54.9 Å². The van der Waals surface area contributed by atoms with Crippen LogP contribution in [-0.4, -0.2) is 56.7 Å². The van der Waals surface area contributed by atoms with Crippen molar-refractivity contribution in [1.82, 2.24) is 24.6 Å². The molecular formula is C21H27N5O. The first-order valence-electron chi connectivity index (χ1n) is 10.1. The largest absolute Gasteiger partial charge is 0.342 e. The van der Waals surface area contributed by atoms with Crippen molar-refractivity contribution >= 4 is 5.91 Å². The maximum Gasteiger partial charge on any atom is 0.227 e. The van der Waals surface area contributed by atoms with Crippen LogP contribution in [0.1, 0.15) is 30.7 Å². The molecule has 6 nitrogen and oxygen atoms in total. The quantitative estimate of drug-likeness (QED) is 0.834. The van der Waals surface area contributed by atoms with Crippen molar-refractivity contribution in [3.63, 3.8) is 0 Å². The zero-order valence-corrected chi connectivity index (χ0v) is 15.8. The summed E-state index contributed by atoms with van der Waals surface area (Å²) in [5, 5.41) is 8.11. The van der Waals surface area contributed by atoms with E-state index in [1.54, 1.807) is 6.33 Å². The molecule has 142 valence electrons. The van der Waals surface area contributed by atoms with Crippen LogP contribution in [0.4, 0.5) is 0 Å². The van der Waals surface area contributed by atoms with Crippen LogP contribution in [0.15, 0.2) is 36.7 Å². The lowest BCUT2D eigenvalue weighted by atomic mass is 9.86. The van der Waals surface area contributed by atoms with Gasteiger partial charge in [0.05, 0.1) is 5.92 Å². The van der Waals surface area contributed by atoms with Crippen molar-refractivity contribution in [3.05, 3.63) is 48.0 Å². The molecule has 2 aromatic rings. The lowest BCUT2D eigenvalue weighted by Crippen LogP contribution is -2.40. The number of aryl methyl sites for hydroxylation is 1. The molecule has 0 saturated carbocycles. The molecule has 2 fully saturated rings. The van der Waals surface area contributed by atoms with Gasteiger partial charge in [0.2, 0.25) is 5.91 Å². The van der Waals surface area contributed by atoms with Gasteiger partial charge in [0.1, 0.15) is 12.2 Å². The zero-order valence-electron chi connectivity index (χ0n) is 15.8. The molecule has 2 saturated heterocycles. The van der Waals surface area contributed by atoms with E-state index < -0.39 is 0 Å². The third-order valence-electron chi connectivity index (χ3n) is 6.69. The number of hydrogen-bond donors (Lipinski definition) is 0. The number of benzene rings is 1. The second-order valence-corrected chi connectivity index (χ2v) is 8.59. The number of carbonyl (C=O) groups excluding carboxylic acids is 1. The van der Waals surface area contributed by atoms with Gasteiger partial charge in [-0.1, -0.05) is 30.3 Å². The van der Waals surface area contributed by atoms with Crippen LogP contribution in [0.5, 0.6) is 0 Å². The average molecular weight is 365 g/mol. The Morgan fingerprint density at radius 1 is 1.15 bits per heavy atom.